The van der Waals surface area contributed by atoms with Crippen LogP contribution in [0.2, 0.25) is 0 Å². The smallest absolute Gasteiger partial charge is 0.163 e. The lowest BCUT2D eigenvalue weighted by atomic mass is 10.1. The number of hydrogen-bond donors (Lipinski definition) is 0. The van der Waals surface area contributed by atoms with Gasteiger partial charge in [-0.05, 0) is 13.0 Å². The van der Waals surface area contributed by atoms with Crippen LogP contribution < -0.4 is 0 Å². The Morgan fingerprint density at radius 2 is 1.94 bits per heavy atom. The van der Waals surface area contributed by atoms with Gasteiger partial charge in [0.15, 0.2) is 5.78 Å². The Labute approximate surface area is 104 Å². The van der Waals surface area contributed by atoms with Crippen molar-refractivity contribution in [2.24, 2.45) is 7.05 Å². The third-order valence-electron chi connectivity index (χ3n) is 2.93. The minimum Gasteiger partial charge on any atom is -0.294 e. The van der Waals surface area contributed by atoms with Crippen molar-refractivity contribution >= 4 is 11.3 Å². The molecule has 0 aliphatic rings. The Bertz CT molecular complexity index is 738. The normalized spacial score (nSPS) is 11.0. The number of carbonyl (C=O) groups excluding carboxylic acids is 1. The predicted octanol–water partition coefficient (Wildman–Crippen LogP) is 1.94. The van der Waals surface area contributed by atoms with Crippen molar-refractivity contribution in [3.63, 3.8) is 0 Å². The van der Waals surface area contributed by atoms with Crippen molar-refractivity contribution in [1.82, 2.24) is 19.4 Å². The van der Waals surface area contributed by atoms with Gasteiger partial charge in [0.25, 0.3) is 0 Å². The van der Waals surface area contributed by atoms with E-state index in [9.17, 15) is 4.79 Å². The summed E-state index contributed by atoms with van der Waals surface area (Å²) in [5.74, 6) is 0.0270. The molecule has 0 radical (unpaired) electrons. The number of nitrogens with zero attached hydrogens (tertiary/aromatic N) is 4. The van der Waals surface area contributed by atoms with E-state index in [1.807, 2.05) is 31.6 Å². The molecule has 90 valence electrons. The van der Waals surface area contributed by atoms with E-state index in [4.69, 9.17) is 0 Å². The predicted molar refractivity (Wildman–Crippen MR) is 67.4 cm³/mol. The summed E-state index contributed by atoms with van der Waals surface area (Å²) in [6, 6.07) is 3.88. The minimum atomic E-state index is 0.0270. The van der Waals surface area contributed by atoms with E-state index in [-0.39, 0.29) is 5.78 Å². The average Bonchev–Trinajstić information content (AvgIpc) is 2.93. The highest BCUT2D eigenvalue weighted by molar-refractivity contribution is 6.00. The molecule has 0 aliphatic heterocycles. The van der Waals surface area contributed by atoms with Gasteiger partial charge in [-0.1, -0.05) is 6.07 Å². The lowest BCUT2D eigenvalue weighted by Gasteiger charge is -1.99. The number of ketones is 1. The maximum atomic E-state index is 11.4. The van der Waals surface area contributed by atoms with Crippen molar-refractivity contribution in [1.29, 1.82) is 0 Å². The quantitative estimate of drug-likeness (QED) is 0.643. The monoisotopic (exact) mass is 240 g/mol. The number of aryl methyl sites for hydroxylation is 1. The minimum absolute atomic E-state index is 0.0270. The van der Waals surface area contributed by atoms with Gasteiger partial charge in [0.05, 0.1) is 23.5 Å². The highest BCUT2D eigenvalue weighted by Crippen LogP contribution is 2.20. The first-order valence-electron chi connectivity index (χ1n) is 5.62. The van der Waals surface area contributed by atoms with Crippen molar-refractivity contribution in [3.05, 3.63) is 42.5 Å². The zero-order chi connectivity index (χ0) is 12.7. The molecule has 3 heterocycles. The van der Waals surface area contributed by atoms with Crippen molar-refractivity contribution in [2.75, 3.05) is 0 Å². The second-order valence-corrected chi connectivity index (χ2v) is 4.26. The third-order valence-corrected chi connectivity index (χ3v) is 2.93. The van der Waals surface area contributed by atoms with Crippen LogP contribution >= 0.6 is 0 Å². The van der Waals surface area contributed by atoms with Crippen molar-refractivity contribution < 1.29 is 4.79 Å². The van der Waals surface area contributed by atoms with Crippen molar-refractivity contribution in [3.8, 4) is 11.1 Å². The van der Waals surface area contributed by atoms with Gasteiger partial charge in [0.1, 0.15) is 0 Å². The number of fused-ring (bicyclic) bond motifs is 1. The van der Waals surface area contributed by atoms with Crippen LogP contribution in [0.25, 0.3) is 16.6 Å². The van der Waals surface area contributed by atoms with E-state index in [2.05, 4.69) is 10.2 Å². The summed E-state index contributed by atoms with van der Waals surface area (Å²) in [5, 5.41) is 8.34. The average molecular weight is 240 g/mol. The number of Topliss-reactive ketones (excluding diaryl/α,β-unsaturated/α-hetero) is 1. The summed E-state index contributed by atoms with van der Waals surface area (Å²) in [6.45, 7) is 1.55. The van der Waals surface area contributed by atoms with Gasteiger partial charge in [0, 0.05) is 30.6 Å². The lowest BCUT2D eigenvalue weighted by Crippen LogP contribution is -1.92. The molecule has 0 aromatic carbocycles. The second kappa shape index (κ2) is 3.80. The van der Waals surface area contributed by atoms with E-state index < -0.39 is 0 Å². The molecular weight excluding hydrogens is 228 g/mol. The Hall–Kier alpha value is -2.43. The van der Waals surface area contributed by atoms with Crippen LogP contribution in [-0.4, -0.2) is 25.2 Å². The Morgan fingerprint density at radius 3 is 2.61 bits per heavy atom. The van der Waals surface area contributed by atoms with Crippen LogP contribution in [0.5, 0.6) is 0 Å². The summed E-state index contributed by atoms with van der Waals surface area (Å²) in [4.78, 5) is 11.4. The number of rotatable bonds is 2. The number of aromatic nitrogens is 4. The number of pyridine rings is 1. The fourth-order valence-corrected chi connectivity index (χ4v) is 2.00. The van der Waals surface area contributed by atoms with Gasteiger partial charge < -0.3 is 0 Å². The maximum Gasteiger partial charge on any atom is 0.163 e. The van der Waals surface area contributed by atoms with Crippen molar-refractivity contribution in [2.45, 2.75) is 6.92 Å². The van der Waals surface area contributed by atoms with Gasteiger partial charge in [-0.25, -0.2) is 4.52 Å². The van der Waals surface area contributed by atoms with Crippen LogP contribution in [0.4, 0.5) is 0 Å². The summed E-state index contributed by atoms with van der Waals surface area (Å²) in [7, 11) is 1.88. The molecule has 0 aliphatic carbocycles. The molecule has 0 spiro atoms. The number of carbonyl (C=O) groups is 1. The summed E-state index contributed by atoms with van der Waals surface area (Å²) in [5.41, 5.74) is 3.52. The Balaban J connectivity index is 2.15. The van der Waals surface area contributed by atoms with Gasteiger partial charge in [-0.3, -0.25) is 9.48 Å². The van der Waals surface area contributed by atoms with E-state index >= 15 is 0 Å². The van der Waals surface area contributed by atoms with Crippen LogP contribution in [0.1, 0.15) is 17.3 Å². The molecular formula is C13H12N4O. The summed E-state index contributed by atoms with van der Waals surface area (Å²) < 4.78 is 3.47. The molecule has 5 heteroatoms. The third kappa shape index (κ3) is 1.60. The van der Waals surface area contributed by atoms with E-state index in [0.29, 0.717) is 5.56 Å². The number of hydrogen-bond acceptors (Lipinski definition) is 3. The Morgan fingerprint density at radius 1 is 1.11 bits per heavy atom. The Kier molecular flexibility index (Phi) is 2.26. The second-order valence-electron chi connectivity index (χ2n) is 4.26. The summed E-state index contributed by atoms with van der Waals surface area (Å²) >= 11 is 0. The molecule has 3 aromatic rings. The molecule has 0 saturated carbocycles. The van der Waals surface area contributed by atoms with Crippen LogP contribution in [0.15, 0.2) is 36.9 Å². The first kappa shape index (κ1) is 10.7. The SMILES string of the molecule is CC(=O)c1cnn2cc(-c3cnn(C)c3)ccc12. The molecule has 0 unspecified atom stereocenters. The first-order chi connectivity index (χ1) is 8.65. The van der Waals surface area contributed by atoms with Gasteiger partial charge >= 0.3 is 0 Å². The molecule has 0 amide bonds. The van der Waals surface area contributed by atoms with Gasteiger partial charge in [-0.15, -0.1) is 0 Å². The highest BCUT2D eigenvalue weighted by Gasteiger charge is 2.09. The molecule has 0 N–H and O–H groups in total. The van der Waals surface area contributed by atoms with Crippen LogP contribution in [0, 0.1) is 0 Å². The topological polar surface area (TPSA) is 52.2 Å². The fourth-order valence-electron chi connectivity index (χ4n) is 2.00. The molecule has 3 rings (SSSR count). The lowest BCUT2D eigenvalue weighted by molar-refractivity contribution is 0.101. The molecule has 3 aromatic heterocycles. The molecule has 0 atom stereocenters. The largest absolute Gasteiger partial charge is 0.294 e. The summed E-state index contributed by atoms with van der Waals surface area (Å²) in [6.07, 6.45) is 7.25. The maximum absolute atomic E-state index is 11.4. The zero-order valence-corrected chi connectivity index (χ0v) is 10.2. The van der Waals surface area contributed by atoms with Gasteiger partial charge in [0.2, 0.25) is 0 Å². The van der Waals surface area contributed by atoms with E-state index in [1.54, 1.807) is 28.5 Å². The van der Waals surface area contributed by atoms with Crippen LogP contribution in [0.3, 0.4) is 0 Å². The fraction of sp³-hybridized carbons (Fsp3) is 0.154. The molecule has 0 bridgehead atoms. The first-order valence-corrected chi connectivity index (χ1v) is 5.62. The van der Waals surface area contributed by atoms with Crippen LogP contribution in [-0.2, 0) is 7.05 Å². The highest BCUT2D eigenvalue weighted by atomic mass is 16.1. The molecule has 18 heavy (non-hydrogen) atoms. The molecule has 5 nitrogen and oxygen atoms in total. The standard InChI is InChI=1S/C13H12N4O/c1-9(18)12-6-15-17-8-10(3-4-13(12)17)11-5-14-16(2)7-11/h3-8H,1-2H3. The molecule has 0 fully saturated rings. The zero-order valence-electron chi connectivity index (χ0n) is 10.2. The van der Waals surface area contributed by atoms with Gasteiger partial charge in [-0.2, -0.15) is 10.2 Å². The molecule has 0 saturated heterocycles. The van der Waals surface area contributed by atoms with E-state index in [0.717, 1.165) is 16.6 Å². The van der Waals surface area contributed by atoms with E-state index in [1.165, 1.54) is 0 Å².